The normalized spacial score (nSPS) is 11.5. The van der Waals surface area contributed by atoms with E-state index in [9.17, 15) is 9.59 Å². The lowest BCUT2D eigenvalue weighted by atomic mass is 10.2. The summed E-state index contributed by atoms with van der Waals surface area (Å²) in [6, 6.07) is 2.91. The van der Waals surface area contributed by atoms with Crippen LogP contribution in [0.3, 0.4) is 0 Å². The third-order valence-electron chi connectivity index (χ3n) is 2.92. The lowest BCUT2D eigenvalue weighted by molar-refractivity contribution is -0.128. The molecule has 0 heterocycles. The quantitative estimate of drug-likeness (QED) is 0.735. The third kappa shape index (κ3) is 5.32. The predicted octanol–water partition coefficient (Wildman–Crippen LogP) is 2.82. The maximum absolute atomic E-state index is 12.2. The number of esters is 1. The maximum Gasteiger partial charge on any atom is 0.339 e. The number of rotatable bonds is 8. The minimum absolute atomic E-state index is 0.187. The highest BCUT2D eigenvalue weighted by Crippen LogP contribution is 2.36. The number of halogens is 1. The van der Waals surface area contributed by atoms with Gasteiger partial charge in [0.25, 0.3) is 5.91 Å². The van der Waals surface area contributed by atoms with E-state index in [0.717, 1.165) is 6.42 Å². The molecule has 128 valence electrons. The van der Waals surface area contributed by atoms with Crippen LogP contribution in [-0.2, 0) is 9.53 Å². The Morgan fingerprint density at radius 1 is 1.30 bits per heavy atom. The molecule has 0 unspecified atom stereocenters. The first-order valence-electron chi connectivity index (χ1n) is 7.43. The van der Waals surface area contributed by atoms with E-state index in [1.165, 1.54) is 26.2 Å². The Balaban J connectivity index is 2.93. The molecule has 0 aromatic heterocycles. The van der Waals surface area contributed by atoms with Crippen molar-refractivity contribution < 1.29 is 23.8 Å². The maximum atomic E-state index is 12.2. The van der Waals surface area contributed by atoms with Gasteiger partial charge in [-0.1, -0.05) is 18.5 Å². The Morgan fingerprint density at radius 3 is 2.57 bits per heavy atom. The first-order valence-corrected chi connectivity index (χ1v) is 7.81. The van der Waals surface area contributed by atoms with E-state index >= 15 is 0 Å². The molecule has 0 saturated carbocycles. The van der Waals surface area contributed by atoms with Gasteiger partial charge in [0.15, 0.2) is 17.6 Å². The molecular weight excluding hydrogens is 322 g/mol. The van der Waals surface area contributed by atoms with Crippen molar-refractivity contribution in [2.75, 3.05) is 20.3 Å². The zero-order valence-corrected chi connectivity index (χ0v) is 14.5. The lowest BCUT2D eigenvalue weighted by Gasteiger charge is -2.15. The van der Waals surface area contributed by atoms with E-state index < -0.39 is 12.1 Å². The van der Waals surface area contributed by atoms with Crippen LogP contribution in [0.4, 0.5) is 0 Å². The monoisotopic (exact) mass is 343 g/mol. The van der Waals surface area contributed by atoms with Crippen LogP contribution in [0.2, 0.25) is 5.02 Å². The van der Waals surface area contributed by atoms with E-state index in [1.807, 2.05) is 6.92 Å². The molecule has 1 aromatic rings. The molecule has 1 N–H and O–H groups in total. The molecule has 23 heavy (non-hydrogen) atoms. The fourth-order valence-electron chi connectivity index (χ4n) is 1.78. The summed E-state index contributed by atoms with van der Waals surface area (Å²) >= 11 is 6.15. The Bertz CT molecular complexity index is 562. The molecule has 0 aliphatic heterocycles. The number of methoxy groups -OCH3 is 1. The standard InChI is InChI=1S/C16H22ClNO5/c1-5-7-22-14-12(17)8-11(9-13(14)21-4)16(20)23-10(3)15(19)18-6-2/h8-10H,5-7H2,1-4H3,(H,18,19)/t10-/m1/s1. The largest absolute Gasteiger partial charge is 0.493 e. The fraction of sp³-hybridized carbons (Fsp3) is 0.500. The molecule has 1 amide bonds. The number of likely N-dealkylation sites (N-methyl/N-ethyl adjacent to an activating group) is 1. The molecule has 0 bridgehead atoms. The van der Waals surface area contributed by atoms with Crippen LogP contribution in [0.5, 0.6) is 11.5 Å². The summed E-state index contributed by atoms with van der Waals surface area (Å²) in [7, 11) is 1.46. The topological polar surface area (TPSA) is 73.9 Å². The summed E-state index contributed by atoms with van der Waals surface area (Å²) in [5.41, 5.74) is 0.187. The zero-order chi connectivity index (χ0) is 17.4. The smallest absolute Gasteiger partial charge is 0.339 e. The van der Waals surface area contributed by atoms with Crippen LogP contribution >= 0.6 is 11.6 Å². The summed E-state index contributed by atoms with van der Waals surface area (Å²) in [4.78, 5) is 23.8. The number of hydrogen-bond acceptors (Lipinski definition) is 5. The van der Waals surface area contributed by atoms with Crippen molar-refractivity contribution in [3.8, 4) is 11.5 Å². The van der Waals surface area contributed by atoms with Gasteiger partial charge in [0.2, 0.25) is 0 Å². The van der Waals surface area contributed by atoms with Crippen molar-refractivity contribution in [1.82, 2.24) is 5.32 Å². The Morgan fingerprint density at radius 2 is 2.00 bits per heavy atom. The van der Waals surface area contributed by atoms with Gasteiger partial charge in [-0.15, -0.1) is 0 Å². The van der Waals surface area contributed by atoms with E-state index in [1.54, 1.807) is 6.92 Å². The fourth-order valence-corrected chi connectivity index (χ4v) is 2.05. The van der Waals surface area contributed by atoms with Crippen molar-refractivity contribution in [3.05, 3.63) is 22.7 Å². The SMILES string of the molecule is CCCOc1c(Cl)cc(C(=O)O[C@H](C)C(=O)NCC)cc1OC. The Hall–Kier alpha value is -1.95. The van der Waals surface area contributed by atoms with Crippen molar-refractivity contribution >= 4 is 23.5 Å². The number of benzene rings is 1. The van der Waals surface area contributed by atoms with Crippen molar-refractivity contribution in [2.24, 2.45) is 0 Å². The molecule has 0 aliphatic rings. The summed E-state index contributed by atoms with van der Waals surface area (Å²) in [5.74, 6) is -0.305. The van der Waals surface area contributed by atoms with Gasteiger partial charge in [-0.3, -0.25) is 4.79 Å². The van der Waals surface area contributed by atoms with Crippen molar-refractivity contribution in [3.63, 3.8) is 0 Å². The molecule has 0 spiro atoms. The molecule has 0 aliphatic carbocycles. The van der Waals surface area contributed by atoms with Gasteiger partial charge >= 0.3 is 5.97 Å². The van der Waals surface area contributed by atoms with Crippen LogP contribution in [0.15, 0.2) is 12.1 Å². The van der Waals surface area contributed by atoms with E-state index in [-0.39, 0.29) is 16.5 Å². The number of hydrogen-bond donors (Lipinski definition) is 1. The highest BCUT2D eigenvalue weighted by molar-refractivity contribution is 6.32. The first-order chi connectivity index (χ1) is 10.9. The number of carbonyl (C=O) groups is 2. The van der Waals surface area contributed by atoms with Gasteiger partial charge in [-0.2, -0.15) is 0 Å². The Labute approximate surface area is 141 Å². The second-order valence-corrected chi connectivity index (χ2v) is 5.19. The molecule has 0 radical (unpaired) electrons. The van der Waals surface area contributed by atoms with Crippen LogP contribution in [0.1, 0.15) is 37.6 Å². The van der Waals surface area contributed by atoms with Gasteiger partial charge < -0.3 is 19.5 Å². The second kappa shape index (κ2) is 9.25. The van der Waals surface area contributed by atoms with E-state index in [0.29, 0.717) is 24.7 Å². The van der Waals surface area contributed by atoms with Crippen LogP contribution in [0.25, 0.3) is 0 Å². The number of ether oxygens (including phenoxy) is 3. The van der Waals surface area contributed by atoms with Crippen molar-refractivity contribution in [2.45, 2.75) is 33.3 Å². The molecule has 0 saturated heterocycles. The highest BCUT2D eigenvalue weighted by Gasteiger charge is 2.21. The minimum Gasteiger partial charge on any atom is -0.493 e. The zero-order valence-electron chi connectivity index (χ0n) is 13.8. The minimum atomic E-state index is -0.900. The van der Waals surface area contributed by atoms with Crippen LogP contribution in [-0.4, -0.2) is 38.2 Å². The van der Waals surface area contributed by atoms with E-state index in [4.69, 9.17) is 25.8 Å². The molecule has 0 fully saturated rings. The number of carbonyl (C=O) groups excluding carboxylic acids is 2. The molecule has 1 atom stereocenters. The molecule has 1 rings (SSSR count). The lowest BCUT2D eigenvalue weighted by Crippen LogP contribution is -2.35. The number of nitrogens with one attached hydrogen (secondary N) is 1. The van der Waals surface area contributed by atoms with Crippen molar-refractivity contribution in [1.29, 1.82) is 0 Å². The number of amides is 1. The average molecular weight is 344 g/mol. The summed E-state index contributed by atoms with van der Waals surface area (Å²) < 4.78 is 15.8. The first kappa shape index (κ1) is 19.1. The second-order valence-electron chi connectivity index (χ2n) is 4.78. The van der Waals surface area contributed by atoms with E-state index in [2.05, 4.69) is 5.32 Å². The predicted molar refractivity (Wildman–Crippen MR) is 87.4 cm³/mol. The Kier molecular flexibility index (Phi) is 7.68. The highest BCUT2D eigenvalue weighted by atomic mass is 35.5. The van der Waals surface area contributed by atoms with Gasteiger partial charge in [0.05, 0.1) is 24.3 Å². The van der Waals surface area contributed by atoms with Gasteiger partial charge in [-0.25, -0.2) is 4.79 Å². The molecule has 7 heteroatoms. The van der Waals surface area contributed by atoms with Gasteiger partial charge in [-0.05, 0) is 32.4 Å². The van der Waals surface area contributed by atoms with Gasteiger partial charge in [0, 0.05) is 6.54 Å². The van der Waals surface area contributed by atoms with Crippen LogP contribution < -0.4 is 14.8 Å². The molecule has 1 aromatic carbocycles. The van der Waals surface area contributed by atoms with Gasteiger partial charge in [0.1, 0.15) is 0 Å². The third-order valence-corrected chi connectivity index (χ3v) is 3.20. The average Bonchev–Trinajstić information content (AvgIpc) is 2.53. The van der Waals surface area contributed by atoms with Crippen LogP contribution in [0, 0.1) is 0 Å². The summed E-state index contributed by atoms with van der Waals surface area (Å²) in [5, 5.41) is 2.83. The molecular formula is C16H22ClNO5. The summed E-state index contributed by atoms with van der Waals surface area (Å²) in [6.45, 7) is 6.19. The molecule has 6 nitrogen and oxygen atoms in total. The summed E-state index contributed by atoms with van der Waals surface area (Å²) in [6.07, 6.45) is -0.0870.